The van der Waals surface area contributed by atoms with Gasteiger partial charge in [-0.05, 0) is 62.9 Å². The van der Waals surface area contributed by atoms with Crippen LogP contribution in [0.1, 0.15) is 57.1 Å². The molecule has 29 heavy (non-hydrogen) atoms. The number of nitrogens with zero attached hydrogens (tertiary/aromatic N) is 2. The number of rotatable bonds is 3. The number of hydrogen-bond donors (Lipinski definition) is 2. The molecule has 0 spiro atoms. The van der Waals surface area contributed by atoms with E-state index in [-0.39, 0.29) is 11.5 Å². The molecule has 0 fully saturated rings. The second-order valence-corrected chi connectivity index (χ2v) is 7.02. The highest BCUT2D eigenvalue weighted by Crippen LogP contribution is 2.26. The standard InChI is InChI=1S/C21H21FN4O3/c1-13-16(11-12-29-13)20(27)23-24-21(28)19-17-5-3-2-4-6-18(17)26(25-19)15-9-7-14(22)8-10-15/h7-12H,2-6H2,1H3,(H,23,27)(H,24,28). The largest absolute Gasteiger partial charge is 0.469 e. The first kappa shape index (κ1) is 18.9. The van der Waals surface area contributed by atoms with Gasteiger partial charge < -0.3 is 4.42 Å². The van der Waals surface area contributed by atoms with Crippen molar-refractivity contribution in [1.29, 1.82) is 0 Å². The second kappa shape index (κ2) is 7.90. The number of carbonyl (C=O) groups is 2. The monoisotopic (exact) mass is 396 g/mol. The van der Waals surface area contributed by atoms with E-state index in [1.54, 1.807) is 23.7 Å². The first-order valence-electron chi connectivity index (χ1n) is 9.56. The molecule has 0 aliphatic heterocycles. The summed E-state index contributed by atoms with van der Waals surface area (Å²) in [6.07, 6.45) is 5.95. The molecular formula is C21H21FN4O3. The number of amides is 2. The first-order chi connectivity index (χ1) is 14.0. The minimum absolute atomic E-state index is 0.274. The predicted molar refractivity (Wildman–Crippen MR) is 103 cm³/mol. The molecule has 3 aromatic rings. The van der Waals surface area contributed by atoms with Crippen molar-refractivity contribution in [3.8, 4) is 5.69 Å². The molecule has 0 saturated heterocycles. The van der Waals surface area contributed by atoms with Gasteiger partial charge in [0.05, 0.1) is 17.5 Å². The van der Waals surface area contributed by atoms with Gasteiger partial charge in [0.25, 0.3) is 11.8 Å². The lowest BCUT2D eigenvalue weighted by molar-refractivity contribution is 0.0842. The molecule has 1 aliphatic rings. The fourth-order valence-corrected chi connectivity index (χ4v) is 3.61. The van der Waals surface area contributed by atoms with Crippen molar-refractivity contribution in [3.63, 3.8) is 0 Å². The van der Waals surface area contributed by atoms with Crippen molar-refractivity contribution in [1.82, 2.24) is 20.6 Å². The summed E-state index contributed by atoms with van der Waals surface area (Å²) in [5.41, 5.74) is 7.99. The third-order valence-electron chi connectivity index (χ3n) is 5.11. The number of hydrogen-bond acceptors (Lipinski definition) is 4. The van der Waals surface area contributed by atoms with Gasteiger partial charge >= 0.3 is 0 Å². The van der Waals surface area contributed by atoms with Gasteiger partial charge in [-0.1, -0.05) is 6.42 Å². The number of hydrazine groups is 1. The predicted octanol–water partition coefficient (Wildman–Crippen LogP) is 3.26. The summed E-state index contributed by atoms with van der Waals surface area (Å²) in [5, 5.41) is 4.50. The molecule has 2 N–H and O–H groups in total. The van der Waals surface area contributed by atoms with Crippen molar-refractivity contribution in [3.05, 3.63) is 70.7 Å². The van der Waals surface area contributed by atoms with Crippen LogP contribution >= 0.6 is 0 Å². The maximum Gasteiger partial charge on any atom is 0.290 e. The van der Waals surface area contributed by atoms with E-state index >= 15 is 0 Å². The van der Waals surface area contributed by atoms with E-state index in [0.29, 0.717) is 17.0 Å². The summed E-state index contributed by atoms with van der Waals surface area (Å²) in [4.78, 5) is 25.0. The van der Waals surface area contributed by atoms with Gasteiger partial charge in [0.1, 0.15) is 11.6 Å². The van der Waals surface area contributed by atoms with E-state index in [1.807, 2.05) is 0 Å². The molecule has 2 aromatic heterocycles. The molecule has 150 valence electrons. The zero-order chi connectivity index (χ0) is 20.4. The van der Waals surface area contributed by atoms with Crippen molar-refractivity contribution >= 4 is 11.8 Å². The molecule has 1 aromatic carbocycles. The van der Waals surface area contributed by atoms with Crippen LogP contribution in [0.15, 0.2) is 41.0 Å². The zero-order valence-electron chi connectivity index (χ0n) is 16.0. The number of aromatic nitrogens is 2. The van der Waals surface area contributed by atoms with Gasteiger partial charge in [-0.25, -0.2) is 9.07 Å². The summed E-state index contributed by atoms with van der Waals surface area (Å²) >= 11 is 0. The van der Waals surface area contributed by atoms with Gasteiger partial charge in [-0.3, -0.25) is 20.4 Å². The number of benzene rings is 1. The Bertz CT molecular complexity index is 1050. The molecule has 0 atom stereocenters. The molecule has 2 amide bonds. The minimum Gasteiger partial charge on any atom is -0.469 e. The number of furan rings is 1. The van der Waals surface area contributed by atoms with Gasteiger partial charge in [0.2, 0.25) is 0 Å². The maximum absolute atomic E-state index is 13.3. The molecule has 0 bridgehead atoms. The van der Waals surface area contributed by atoms with E-state index in [4.69, 9.17) is 4.42 Å². The van der Waals surface area contributed by atoms with Crippen molar-refractivity contribution in [2.75, 3.05) is 0 Å². The number of aryl methyl sites for hydroxylation is 1. The highest BCUT2D eigenvalue weighted by Gasteiger charge is 2.25. The number of fused-ring (bicyclic) bond motifs is 1. The van der Waals surface area contributed by atoms with Crippen molar-refractivity contribution < 1.29 is 18.4 Å². The maximum atomic E-state index is 13.3. The Morgan fingerprint density at radius 1 is 1.03 bits per heavy atom. The van der Waals surface area contributed by atoms with Crippen LogP contribution in [0, 0.1) is 12.7 Å². The third-order valence-corrected chi connectivity index (χ3v) is 5.11. The molecule has 0 unspecified atom stereocenters. The average Bonchev–Trinajstić information content (AvgIpc) is 3.22. The molecule has 1 aliphatic carbocycles. The van der Waals surface area contributed by atoms with Crippen molar-refractivity contribution in [2.45, 2.75) is 39.0 Å². The van der Waals surface area contributed by atoms with Gasteiger partial charge in [-0.2, -0.15) is 5.10 Å². The Labute approximate surface area is 166 Å². The zero-order valence-corrected chi connectivity index (χ0v) is 16.0. The quantitative estimate of drug-likeness (QED) is 0.525. The number of nitrogens with one attached hydrogen (secondary N) is 2. The van der Waals surface area contributed by atoms with Crippen LogP contribution < -0.4 is 10.9 Å². The van der Waals surface area contributed by atoms with E-state index in [1.165, 1.54) is 24.5 Å². The third kappa shape index (κ3) is 3.78. The SMILES string of the molecule is Cc1occc1C(=O)NNC(=O)c1nn(-c2ccc(F)cc2)c2c1CCCCC2. The van der Waals surface area contributed by atoms with Crippen LogP contribution in [0.4, 0.5) is 4.39 Å². The normalized spacial score (nSPS) is 13.4. The molecular weight excluding hydrogens is 375 g/mol. The van der Waals surface area contributed by atoms with Crippen LogP contribution in [-0.4, -0.2) is 21.6 Å². The molecule has 4 rings (SSSR count). The van der Waals surface area contributed by atoms with Crippen LogP contribution in [0.3, 0.4) is 0 Å². The van der Waals surface area contributed by atoms with E-state index < -0.39 is 11.8 Å². The van der Waals surface area contributed by atoms with Crippen LogP contribution in [-0.2, 0) is 12.8 Å². The topological polar surface area (TPSA) is 89.2 Å². The minimum atomic E-state index is -0.487. The summed E-state index contributed by atoms with van der Waals surface area (Å²) in [7, 11) is 0. The second-order valence-electron chi connectivity index (χ2n) is 7.02. The highest BCUT2D eigenvalue weighted by molar-refractivity contribution is 5.99. The first-order valence-corrected chi connectivity index (χ1v) is 9.56. The number of carbonyl (C=O) groups excluding carboxylic acids is 2. The summed E-state index contributed by atoms with van der Waals surface area (Å²) in [5.74, 6) is -0.819. The average molecular weight is 396 g/mol. The fourth-order valence-electron chi connectivity index (χ4n) is 3.61. The van der Waals surface area contributed by atoms with Crippen LogP contribution in [0.2, 0.25) is 0 Å². The summed E-state index contributed by atoms with van der Waals surface area (Å²) in [6, 6.07) is 7.55. The Morgan fingerprint density at radius 3 is 2.48 bits per heavy atom. The Balaban J connectivity index is 1.61. The van der Waals surface area contributed by atoms with E-state index in [0.717, 1.165) is 43.4 Å². The Morgan fingerprint density at radius 2 is 1.76 bits per heavy atom. The van der Waals surface area contributed by atoms with Crippen LogP contribution in [0.5, 0.6) is 0 Å². The molecule has 8 heteroatoms. The Kier molecular flexibility index (Phi) is 5.16. The molecule has 0 radical (unpaired) electrons. The van der Waals surface area contributed by atoms with Gasteiger partial charge in [-0.15, -0.1) is 0 Å². The van der Waals surface area contributed by atoms with Gasteiger partial charge in [0.15, 0.2) is 5.69 Å². The molecule has 7 nitrogen and oxygen atoms in total. The molecule has 0 saturated carbocycles. The van der Waals surface area contributed by atoms with Crippen molar-refractivity contribution in [2.24, 2.45) is 0 Å². The van der Waals surface area contributed by atoms with Gasteiger partial charge in [0, 0.05) is 11.3 Å². The summed E-state index contributed by atoms with van der Waals surface area (Å²) in [6.45, 7) is 1.67. The Hall–Kier alpha value is -3.42. The smallest absolute Gasteiger partial charge is 0.290 e. The lowest BCUT2D eigenvalue weighted by atomic mass is 10.1. The molecule has 2 heterocycles. The number of halogens is 1. The fraction of sp³-hybridized carbons (Fsp3) is 0.286. The lowest BCUT2D eigenvalue weighted by Gasteiger charge is -2.07. The van der Waals surface area contributed by atoms with E-state index in [9.17, 15) is 14.0 Å². The lowest BCUT2D eigenvalue weighted by Crippen LogP contribution is -2.42. The van der Waals surface area contributed by atoms with Crippen LogP contribution in [0.25, 0.3) is 5.69 Å². The van der Waals surface area contributed by atoms with E-state index in [2.05, 4.69) is 16.0 Å². The highest BCUT2D eigenvalue weighted by atomic mass is 19.1. The summed E-state index contributed by atoms with van der Waals surface area (Å²) < 4.78 is 20.1.